The molecular formula is C15H20O4. The lowest BCUT2D eigenvalue weighted by Crippen LogP contribution is -2.39. The Morgan fingerprint density at radius 3 is 2.74 bits per heavy atom. The lowest BCUT2D eigenvalue weighted by molar-refractivity contribution is -0.142. The second-order valence-corrected chi connectivity index (χ2v) is 6.38. The van der Waals surface area contributed by atoms with Gasteiger partial charge in [-0.15, -0.1) is 0 Å². The SMILES string of the molecule is C=C1CC[C@@H]2[C@H]1[C@H]1OC(=O)C(=C)[C@@H]1[C@@H](O)C[C@@]2(C)O. The average Bonchev–Trinajstić information content (AvgIpc) is 2.78. The van der Waals surface area contributed by atoms with E-state index in [1.54, 1.807) is 6.92 Å². The molecule has 0 aromatic rings. The first kappa shape index (κ1) is 12.9. The lowest BCUT2D eigenvalue weighted by Gasteiger charge is -2.33. The highest BCUT2D eigenvalue weighted by Gasteiger charge is 2.58. The van der Waals surface area contributed by atoms with Gasteiger partial charge in [-0.3, -0.25) is 0 Å². The summed E-state index contributed by atoms with van der Waals surface area (Å²) in [6, 6.07) is 0. The highest BCUT2D eigenvalue weighted by molar-refractivity contribution is 5.91. The molecule has 0 aromatic heterocycles. The van der Waals surface area contributed by atoms with Gasteiger partial charge in [0.2, 0.25) is 0 Å². The van der Waals surface area contributed by atoms with E-state index in [9.17, 15) is 15.0 Å². The Bertz CT molecular complexity index is 465. The topological polar surface area (TPSA) is 66.8 Å². The van der Waals surface area contributed by atoms with Crippen LogP contribution in [-0.2, 0) is 9.53 Å². The van der Waals surface area contributed by atoms with Crippen LogP contribution >= 0.6 is 0 Å². The average molecular weight is 264 g/mol. The molecule has 104 valence electrons. The van der Waals surface area contributed by atoms with E-state index < -0.39 is 29.7 Å². The molecular weight excluding hydrogens is 244 g/mol. The number of hydrogen-bond acceptors (Lipinski definition) is 4. The van der Waals surface area contributed by atoms with Crippen molar-refractivity contribution in [3.63, 3.8) is 0 Å². The number of esters is 1. The quantitative estimate of drug-likeness (QED) is 0.392. The van der Waals surface area contributed by atoms with Crippen molar-refractivity contribution in [2.75, 3.05) is 0 Å². The summed E-state index contributed by atoms with van der Waals surface area (Å²) in [6.07, 6.45) is 0.713. The zero-order chi connectivity index (χ0) is 13.9. The molecule has 4 nitrogen and oxygen atoms in total. The molecule has 0 radical (unpaired) electrons. The van der Waals surface area contributed by atoms with Crippen LogP contribution in [0.15, 0.2) is 24.3 Å². The number of hydrogen-bond donors (Lipinski definition) is 2. The Morgan fingerprint density at radius 2 is 2.05 bits per heavy atom. The number of carbonyl (C=O) groups is 1. The summed E-state index contributed by atoms with van der Waals surface area (Å²) >= 11 is 0. The number of aliphatic hydroxyl groups is 2. The van der Waals surface area contributed by atoms with Crippen molar-refractivity contribution in [3.05, 3.63) is 24.3 Å². The fraction of sp³-hybridized carbons (Fsp3) is 0.667. The van der Waals surface area contributed by atoms with Crippen molar-refractivity contribution >= 4 is 5.97 Å². The molecule has 0 unspecified atom stereocenters. The third-order valence-corrected chi connectivity index (χ3v) is 5.13. The molecule has 6 atom stereocenters. The van der Waals surface area contributed by atoms with Crippen molar-refractivity contribution in [2.24, 2.45) is 17.8 Å². The molecule has 0 aromatic carbocycles. The van der Waals surface area contributed by atoms with Gasteiger partial charge in [-0.25, -0.2) is 4.79 Å². The zero-order valence-electron chi connectivity index (χ0n) is 11.1. The minimum Gasteiger partial charge on any atom is -0.458 e. The van der Waals surface area contributed by atoms with Gasteiger partial charge in [-0.2, -0.15) is 0 Å². The van der Waals surface area contributed by atoms with E-state index >= 15 is 0 Å². The van der Waals surface area contributed by atoms with Gasteiger partial charge in [-0.1, -0.05) is 18.7 Å². The summed E-state index contributed by atoms with van der Waals surface area (Å²) < 4.78 is 5.44. The Kier molecular flexibility index (Phi) is 2.67. The fourth-order valence-corrected chi connectivity index (χ4v) is 4.19. The van der Waals surface area contributed by atoms with Gasteiger partial charge in [-0.05, 0) is 25.7 Å². The standard InChI is InChI=1S/C15H20O4/c1-7-4-5-9-11(7)13-12(8(2)14(17)19-13)10(16)6-15(9,3)18/h9-13,16,18H,1-2,4-6H2,3H3/t9-,10+,11+,12-,13-,15-/m1/s1. The van der Waals surface area contributed by atoms with Crippen LogP contribution in [0.5, 0.6) is 0 Å². The summed E-state index contributed by atoms with van der Waals surface area (Å²) in [5.41, 5.74) is 0.381. The van der Waals surface area contributed by atoms with Gasteiger partial charge in [0.05, 0.1) is 17.6 Å². The molecule has 19 heavy (non-hydrogen) atoms. The van der Waals surface area contributed by atoms with E-state index in [2.05, 4.69) is 13.2 Å². The molecule has 3 fully saturated rings. The number of aliphatic hydroxyl groups excluding tert-OH is 1. The summed E-state index contributed by atoms with van der Waals surface area (Å²) in [7, 11) is 0. The normalized spacial score (nSPS) is 49.6. The van der Waals surface area contributed by atoms with Gasteiger partial charge in [0.15, 0.2) is 0 Å². The maximum Gasteiger partial charge on any atom is 0.334 e. The number of ether oxygens (including phenoxy) is 1. The molecule has 3 aliphatic rings. The van der Waals surface area contributed by atoms with Gasteiger partial charge in [0.1, 0.15) is 6.10 Å². The maximum absolute atomic E-state index is 11.7. The Balaban J connectivity index is 2.06. The molecule has 2 N–H and O–H groups in total. The van der Waals surface area contributed by atoms with E-state index in [0.717, 1.165) is 18.4 Å². The summed E-state index contributed by atoms with van der Waals surface area (Å²) in [4.78, 5) is 11.7. The van der Waals surface area contributed by atoms with Gasteiger partial charge in [0.25, 0.3) is 0 Å². The van der Waals surface area contributed by atoms with Gasteiger partial charge < -0.3 is 14.9 Å². The lowest BCUT2D eigenvalue weighted by atomic mass is 9.78. The minimum atomic E-state index is -0.958. The first-order valence-corrected chi connectivity index (χ1v) is 6.81. The second-order valence-electron chi connectivity index (χ2n) is 6.38. The maximum atomic E-state index is 11.7. The molecule has 3 rings (SSSR count). The molecule has 1 heterocycles. The zero-order valence-corrected chi connectivity index (χ0v) is 11.1. The summed E-state index contributed by atoms with van der Waals surface area (Å²) in [6.45, 7) is 9.58. The second kappa shape index (κ2) is 3.93. The van der Waals surface area contributed by atoms with Crippen LogP contribution in [0.3, 0.4) is 0 Å². The summed E-state index contributed by atoms with van der Waals surface area (Å²) in [5.74, 6) is -0.915. The molecule has 0 amide bonds. The monoisotopic (exact) mass is 264 g/mol. The van der Waals surface area contributed by atoms with Crippen LogP contribution in [-0.4, -0.2) is 34.0 Å². The van der Waals surface area contributed by atoms with E-state index in [0.29, 0.717) is 5.57 Å². The number of rotatable bonds is 0. The van der Waals surface area contributed by atoms with Crippen molar-refractivity contribution in [2.45, 2.75) is 44.0 Å². The first-order chi connectivity index (χ1) is 8.83. The van der Waals surface area contributed by atoms with Crippen molar-refractivity contribution in [3.8, 4) is 0 Å². The number of carbonyl (C=O) groups excluding carboxylic acids is 1. The van der Waals surface area contributed by atoms with E-state index in [-0.39, 0.29) is 18.3 Å². The van der Waals surface area contributed by atoms with Crippen LogP contribution in [0, 0.1) is 17.8 Å². The third-order valence-electron chi connectivity index (χ3n) is 5.13. The molecule has 1 saturated heterocycles. The summed E-state index contributed by atoms with van der Waals surface area (Å²) in [5, 5.41) is 21.0. The van der Waals surface area contributed by atoms with E-state index in [1.165, 1.54) is 0 Å². The van der Waals surface area contributed by atoms with Crippen molar-refractivity contribution < 1.29 is 19.7 Å². The van der Waals surface area contributed by atoms with Crippen molar-refractivity contribution in [1.82, 2.24) is 0 Å². The van der Waals surface area contributed by atoms with Crippen molar-refractivity contribution in [1.29, 1.82) is 0 Å². The predicted molar refractivity (Wildman–Crippen MR) is 69.1 cm³/mol. The highest BCUT2D eigenvalue weighted by Crippen LogP contribution is 2.53. The molecule has 2 aliphatic carbocycles. The fourth-order valence-electron chi connectivity index (χ4n) is 4.19. The predicted octanol–water partition coefficient (Wildman–Crippen LogP) is 1.18. The van der Waals surface area contributed by atoms with E-state index in [1.807, 2.05) is 0 Å². The molecule has 2 saturated carbocycles. The van der Waals surface area contributed by atoms with Crippen LogP contribution in [0.4, 0.5) is 0 Å². The van der Waals surface area contributed by atoms with Crippen LogP contribution in [0.2, 0.25) is 0 Å². The molecule has 0 spiro atoms. The Morgan fingerprint density at radius 1 is 1.37 bits per heavy atom. The Hall–Kier alpha value is -1.13. The highest BCUT2D eigenvalue weighted by atomic mass is 16.6. The van der Waals surface area contributed by atoms with Crippen LogP contribution in [0.1, 0.15) is 26.2 Å². The van der Waals surface area contributed by atoms with Crippen LogP contribution < -0.4 is 0 Å². The number of fused-ring (bicyclic) bond motifs is 3. The van der Waals surface area contributed by atoms with E-state index in [4.69, 9.17) is 4.74 Å². The first-order valence-electron chi connectivity index (χ1n) is 6.81. The molecule has 4 heteroatoms. The molecule has 1 aliphatic heterocycles. The third kappa shape index (κ3) is 1.70. The smallest absolute Gasteiger partial charge is 0.334 e. The minimum absolute atomic E-state index is 0.0108. The molecule has 0 bridgehead atoms. The Labute approximate surface area is 112 Å². The largest absolute Gasteiger partial charge is 0.458 e. The van der Waals surface area contributed by atoms with Gasteiger partial charge >= 0.3 is 5.97 Å². The van der Waals surface area contributed by atoms with Crippen LogP contribution in [0.25, 0.3) is 0 Å². The van der Waals surface area contributed by atoms with Gasteiger partial charge in [0, 0.05) is 17.9 Å².